The summed E-state index contributed by atoms with van der Waals surface area (Å²) in [5.74, 6) is -0.894. The van der Waals surface area contributed by atoms with Crippen molar-refractivity contribution in [2.75, 3.05) is 0 Å². The molecule has 4 rings (SSSR count). The summed E-state index contributed by atoms with van der Waals surface area (Å²) in [5.41, 5.74) is 5.92. The highest BCUT2D eigenvalue weighted by Crippen LogP contribution is 2.37. The molecule has 0 saturated carbocycles. The minimum atomic E-state index is -2.04. The third-order valence-electron chi connectivity index (χ3n) is 4.58. The fourth-order valence-electron chi connectivity index (χ4n) is 3.30. The number of amides is 1. The zero-order valence-electron chi connectivity index (χ0n) is 14.1. The Hall–Kier alpha value is -3.71. The number of imidazole rings is 1. The first-order valence-electron chi connectivity index (χ1n) is 8.26. The summed E-state index contributed by atoms with van der Waals surface area (Å²) in [6.07, 6.45) is 1.55. The van der Waals surface area contributed by atoms with Crippen molar-refractivity contribution in [3.05, 3.63) is 88.5 Å². The number of aliphatic hydroxyl groups is 1. The summed E-state index contributed by atoms with van der Waals surface area (Å²) in [7, 11) is 0. The Balaban J connectivity index is 2.03. The van der Waals surface area contributed by atoms with Crippen molar-refractivity contribution >= 4 is 17.1 Å². The van der Waals surface area contributed by atoms with Gasteiger partial charge in [0.15, 0.2) is 11.2 Å². The van der Waals surface area contributed by atoms with Crippen molar-refractivity contribution in [2.45, 2.75) is 5.60 Å². The first-order valence-corrected chi connectivity index (χ1v) is 8.26. The average molecular weight is 360 g/mol. The van der Waals surface area contributed by atoms with Crippen molar-refractivity contribution in [1.29, 1.82) is 0 Å². The Labute approximate surface area is 153 Å². The van der Waals surface area contributed by atoms with Gasteiger partial charge in [0, 0.05) is 17.3 Å². The molecule has 0 aliphatic heterocycles. The number of fused-ring (bicyclic) bond motifs is 1. The molecule has 1 amide bonds. The van der Waals surface area contributed by atoms with Gasteiger partial charge in [-0.3, -0.25) is 9.78 Å². The molecule has 5 N–H and O–H groups in total. The van der Waals surface area contributed by atoms with Gasteiger partial charge >= 0.3 is 5.69 Å². The highest BCUT2D eigenvalue weighted by Gasteiger charge is 2.40. The van der Waals surface area contributed by atoms with E-state index in [0.717, 1.165) is 0 Å². The molecule has 27 heavy (non-hydrogen) atoms. The van der Waals surface area contributed by atoms with Crippen LogP contribution in [-0.4, -0.2) is 26.0 Å². The molecule has 0 spiro atoms. The maximum absolute atomic E-state index is 12.4. The molecule has 0 aliphatic carbocycles. The zero-order chi connectivity index (χ0) is 19.0. The van der Waals surface area contributed by atoms with E-state index in [1.807, 2.05) is 0 Å². The van der Waals surface area contributed by atoms with Crippen molar-refractivity contribution in [2.24, 2.45) is 5.73 Å². The van der Waals surface area contributed by atoms with Gasteiger partial charge in [-0.15, -0.1) is 0 Å². The van der Waals surface area contributed by atoms with Crippen LogP contribution in [0.4, 0.5) is 0 Å². The number of rotatable bonds is 4. The topological polar surface area (TPSA) is 125 Å². The fraction of sp³-hybridized carbons (Fsp3) is 0.0500. The van der Waals surface area contributed by atoms with E-state index >= 15 is 0 Å². The van der Waals surface area contributed by atoms with E-state index in [2.05, 4.69) is 15.0 Å². The molecule has 2 heterocycles. The minimum Gasteiger partial charge on any atom is -0.372 e. The minimum absolute atomic E-state index is 0.318. The summed E-state index contributed by atoms with van der Waals surface area (Å²) in [4.78, 5) is 33.5. The van der Waals surface area contributed by atoms with Crippen LogP contribution in [0.25, 0.3) is 22.3 Å². The van der Waals surface area contributed by atoms with Crippen LogP contribution < -0.4 is 11.4 Å². The number of hydrogen-bond donors (Lipinski definition) is 4. The van der Waals surface area contributed by atoms with E-state index in [4.69, 9.17) is 5.73 Å². The predicted molar refractivity (Wildman–Crippen MR) is 101 cm³/mol. The van der Waals surface area contributed by atoms with Crippen LogP contribution in [0.5, 0.6) is 0 Å². The van der Waals surface area contributed by atoms with Crippen LogP contribution in [-0.2, 0) is 10.4 Å². The van der Waals surface area contributed by atoms with Gasteiger partial charge in [0.05, 0.1) is 5.52 Å². The number of nitrogens with two attached hydrogens (primary N) is 1. The molecule has 1 unspecified atom stereocenters. The third-order valence-corrected chi connectivity index (χ3v) is 4.58. The molecule has 0 fully saturated rings. The summed E-state index contributed by atoms with van der Waals surface area (Å²) < 4.78 is 0. The summed E-state index contributed by atoms with van der Waals surface area (Å²) in [6, 6.07) is 17.1. The number of aromatic nitrogens is 3. The van der Waals surface area contributed by atoms with E-state index in [1.165, 1.54) is 0 Å². The number of primary amides is 1. The quantitative estimate of drug-likeness (QED) is 0.441. The Morgan fingerprint density at radius 3 is 2.41 bits per heavy atom. The third kappa shape index (κ3) is 2.61. The second kappa shape index (κ2) is 6.22. The summed E-state index contributed by atoms with van der Waals surface area (Å²) in [6.45, 7) is 0. The summed E-state index contributed by atoms with van der Waals surface area (Å²) >= 11 is 0. The van der Waals surface area contributed by atoms with E-state index < -0.39 is 17.2 Å². The van der Waals surface area contributed by atoms with Crippen molar-refractivity contribution < 1.29 is 9.90 Å². The monoisotopic (exact) mass is 360 g/mol. The van der Waals surface area contributed by atoms with Gasteiger partial charge in [0.1, 0.15) is 0 Å². The number of nitrogens with zero attached hydrogens (tertiary/aromatic N) is 1. The van der Waals surface area contributed by atoms with Crippen LogP contribution in [0.1, 0.15) is 11.1 Å². The Kier molecular flexibility index (Phi) is 3.86. The second-order valence-corrected chi connectivity index (χ2v) is 6.15. The Bertz CT molecular complexity index is 1200. The van der Waals surface area contributed by atoms with Gasteiger partial charge in [0.25, 0.3) is 5.91 Å². The molecule has 0 bridgehead atoms. The van der Waals surface area contributed by atoms with Crippen molar-refractivity contribution in [3.8, 4) is 11.1 Å². The largest absolute Gasteiger partial charge is 0.372 e. The molecule has 2 aromatic heterocycles. The number of hydrogen-bond acceptors (Lipinski definition) is 4. The highest BCUT2D eigenvalue weighted by molar-refractivity contribution is 5.95. The molecule has 134 valence electrons. The van der Waals surface area contributed by atoms with Crippen molar-refractivity contribution in [1.82, 2.24) is 15.0 Å². The fourth-order valence-corrected chi connectivity index (χ4v) is 3.30. The number of benzene rings is 2. The molecular formula is C20H16N4O3. The molecular weight excluding hydrogens is 344 g/mol. The first kappa shape index (κ1) is 16.7. The highest BCUT2D eigenvalue weighted by atomic mass is 16.3. The lowest BCUT2D eigenvalue weighted by Gasteiger charge is -2.28. The van der Waals surface area contributed by atoms with Crippen LogP contribution in [0.3, 0.4) is 0 Å². The lowest BCUT2D eigenvalue weighted by molar-refractivity contribution is -0.133. The average Bonchev–Trinajstić information content (AvgIpc) is 3.08. The lowest BCUT2D eigenvalue weighted by atomic mass is 9.81. The molecule has 4 aromatic rings. The Morgan fingerprint density at radius 2 is 1.67 bits per heavy atom. The molecule has 2 aromatic carbocycles. The molecule has 1 atom stereocenters. The normalized spacial score (nSPS) is 13.4. The standard InChI is InChI=1S/C20H16N4O3/c21-18(25)20(27,12-6-2-1-3-7-12)15-9-5-4-8-13(15)14-10-11-22-17-16(14)23-19(26)24-17/h1-11,27H,(H2,21,25)(H2,22,23,24,26). The van der Waals surface area contributed by atoms with Crippen LogP contribution >= 0.6 is 0 Å². The number of pyridine rings is 1. The molecule has 0 aliphatic rings. The lowest BCUT2D eigenvalue weighted by Crippen LogP contribution is -2.42. The smallest absolute Gasteiger partial charge is 0.325 e. The number of carbonyl (C=O) groups is 1. The SMILES string of the molecule is NC(=O)C(O)(c1ccccc1)c1ccccc1-c1ccnc2[nH]c(=O)[nH]c12. The van der Waals surface area contributed by atoms with Gasteiger partial charge in [-0.05, 0) is 17.2 Å². The number of aromatic amines is 2. The van der Waals surface area contributed by atoms with E-state index in [9.17, 15) is 14.7 Å². The van der Waals surface area contributed by atoms with Crippen molar-refractivity contribution in [3.63, 3.8) is 0 Å². The zero-order valence-corrected chi connectivity index (χ0v) is 14.1. The summed E-state index contributed by atoms with van der Waals surface area (Å²) in [5, 5.41) is 11.4. The maximum Gasteiger partial charge on any atom is 0.325 e. The molecule has 0 saturated heterocycles. The van der Waals surface area contributed by atoms with Gasteiger partial charge < -0.3 is 15.8 Å². The number of H-pyrrole nitrogens is 2. The maximum atomic E-state index is 12.4. The predicted octanol–water partition coefficient (Wildman–Crippen LogP) is 1.64. The molecule has 7 nitrogen and oxygen atoms in total. The first-order chi connectivity index (χ1) is 13.0. The van der Waals surface area contributed by atoms with Gasteiger partial charge in [-0.2, -0.15) is 0 Å². The van der Waals surface area contributed by atoms with Crippen LogP contribution in [0.2, 0.25) is 0 Å². The van der Waals surface area contributed by atoms with E-state index in [1.54, 1.807) is 66.9 Å². The number of nitrogens with one attached hydrogen (secondary N) is 2. The molecule has 7 heteroatoms. The van der Waals surface area contributed by atoms with Gasteiger partial charge in [-0.1, -0.05) is 54.6 Å². The second-order valence-electron chi connectivity index (χ2n) is 6.15. The van der Waals surface area contributed by atoms with Crippen LogP contribution in [0, 0.1) is 0 Å². The van der Waals surface area contributed by atoms with E-state index in [-0.39, 0.29) is 0 Å². The van der Waals surface area contributed by atoms with Gasteiger partial charge in [-0.25, -0.2) is 9.78 Å². The van der Waals surface area contributed by atoms with E-state index in [0.29, 0.717) is 33.4 Å². The van der Waals surface area contributed by atoms with Crippen LogP contribution in [0.15, 0.2) is 71.7 Å². The molecule has 0 radical (unpaired) electrons. The Morgan fingerprint density at radius 1 is 0.963 bits per heavy atom. The number of carbonyl (C=O) groups excluding carboxylic acids is 1. The van der Waals surface area contributed by atoms with Gasteiger partial charge in [0.2, 0.25) is 0 Å².